The van der Waals surface area contributed by atoms with Gasteiger partial charge in [0.05, 0.1) is 5.52 Å². The van der Waals surface area contributed by atoms with Gasteiger partial charge in [-0.2, -0.15) is 0 Å². The molecule has 2 heterocycles. The number of H-pyrrole nitrogens is 1. The first-order valence-electron chi connectivity index (χ1n) is 16.1. The zero-order valence-electron chi connectivity index (χ0n) is 27.0. The van der Waals surface area contributed by atoms with Crippen molar-refractivity contribution in [1.29, 1.82) is 0 Å². The van der Waals surface area contributed by atoms with Crippen LogP contribution < -0.4 is 0 Å². The van der Waals surface area contributed by atoms with Crippen LogP contribution in [0.25, 0.3) is 76.8 Å². The van der Waals surface area contributed by atoms with Gasteiger partial charge in [0.1, 0.15) is 11.2 Å². The van der Waals surface area contributed by atoms with E-state index in [1.165, 1.54) is 54.9 Å². The molecule has 2 aromatic heterocycles. The van der Waals surface area contributed by atoms with Crippen LogP contribution in [0.4, 0.5) is 0 Å². The van der Waals surface area contributed by atoms with Gasteiger partial charge in [0.15, 0.2) is 0 Å². The summed E-state index contributed by atoms with van der Waals surface area (Å²) in [6.45, 7) is 12.7. The zero-order chi connectivity index (χ0) is 31.3. The maximum Gasteiger partial charge on any atom is 0.144 e. The number of rotatable bonds is 1. The van der Waals surface area contributed by atoms with Crippen LogP contribution in [0.1, 0.15) is 52.7 Å². The van der Waals surface area contributed by atoms with Crippen molar-refractivity contribution in [3.8, 4) is 22.3 Å². The van der Waals surface area contributed by atoms with Crippen molar-refractivity contribution in [2.24, 2.45) is 0 Å². The second-order valence-electron chi connectivity index (χ2n) is 12.1. The number of nitrogens with one attached hydrogen (secondary N) is 1. The van der Waals surface area contributed by atoms with E-state index in [2.05, 4.69) is 128 Å². The molecule has 0 radical (unpaired) electrons. The van der Waals surface area contributed by atoms with Gasteiger partial charge in [-0.1, -0.05) is 137 Å². The first-order chi connectivity index (χ1) is 22.0. The third kappa shape index (κ3) is 4.24. The van der Waals surface area contributed by atoms with E-state index < -0.39 is 0 Å². The van der Waals surface area contributed by atoms with Crippen LogP contribution in [0.2, 0.25) is 0 Å². The molecule has 9 rings (SSSR count). The summed E-state index contributed by atoms with van der Waals surface area (Å²) >= 11 is 0. The lowest BCUT2D eigenvalue weighted by atomic mass is 9.81. The number of hydrogen-bond donors (Lipinski definition) is 1. The summed E-state index contributed by atoms with van der Waals surface area (Å²) in [6.07, 6.45) is 4.00. The van der Waals surface area contributed by atoms with E-state index in [1.807, 2.05) is 39.8 Å². The molecule has 0 fully saturated rings. The Hall–Kier alpha value is -5.08. The van der Waals surface area contributed by atoms with E-state index in [-0.39, 0.29) is 5.41 Å². The van der Waals surface area contributed by atoms with E-state index >= 15 is 0 Å². The Morgan fingerprint density at radius 2 is 1.18 bits per heavy atom. The van der Waals surface area contributed by atoms with Crippen molar-refractivity contribution in [2.45, 2.75) is 47.0 Å². The van der Waals surface area contributed by atoms with E-state index in [1.54, 1.807) is 0 Å². The highest BCUT2D eigenvalue weighted by Crippen LogP contribution is 2.51. The predicted molar refractivity (Wildman–Crippen MR) is 195 cm³/mol. The molecule has 45 heavy (non-hydrogen) atoms. The normalized spacial score (nSPS) is 13.2. The lowest BCUT2D eigenvalue weighted by molar-refractivity contribution is 0.660. The van der Waals surface area contributed by atoms with Crippen molar-refractivity contribution in [3.05, 3.63) is 132 Å². The van der Waals surface area contributed by atoms with Gasteiger partial charge in [-0.05, 0) is 53.8 Å². The number of para-hydroxylation sites is 2. The van der Waals surface area contributed by atoms with Gasteiger partial charge < -0.3 is 9.40 Å². The molecule has 0 amide bonds. The van der Waals surface area contributed by atoms with E-state index in [0.717, 1.165) is 33.0 Å². The molecule has 0 aliphatic heterocycles. The van der Waals surface area contributed by atoms with Gasteiger partial charge in [0.25, 0.3) is 0 Å². The maximum absolute atomic E-state index is 6.90. The lowest BCUT2D eigenvalue weighted by Gasteiger charge is -2.22. The molecule has 0 saturated heterocycles. The Morgan fingerprint density at radius 1 is 0.556 bits per heavy atom. The number of aromatic nitrogens is 1. The number of fused-ring (bicyclic) bond motifs is 13. The molecule has 2 heteroatoms. The van der Waals surface area contributed by atoms with Crippen molar-refractivity contribution in [2.75, 3.05) is 0 Å². The van der Waals surface area contributed by atoms with Crippen LogP contribution in [0, 0.1) is 0 Å². The fourth-order valence-electron chi connectivity index (χ4n) is 7.16. The van der Waals surface area contributed by atoms with E-state index in [4.69, 9.17) is 4.42 Å². The SMILES string of the molecule is C/C=C\C.CC.CC1(C)c2ccccc2-c2ccc(-c3cccc4c3oc3c5ccccc5c5[nH]c6ccccc6c5c43)cc21. The van der Waals surface area contributed by atoms with Gasteiger partial charge in [-0.3, -0.25) is 0 Å². The summed E-state index contributed by atoms with van der Waals surface area (Å²) in [5.41, 5.74) is 12.0. The van der Waals surface area contributed by atoms with Crippen molar-refractivity contribution in [3.63, 3.8) is 0 Å². The molecular weight excluding hydrogens is 546 g/mol. The van der Waals surface area contributed by atoms with Gasteiger partial charge in [-0.15, -0.1) is 0 Å². The molecule has 6 aromatic carbocycles. The van der Waals surface area contributed by atoms with Crippen molar-refractivity contribution in [1.82, 2.24) is 4.98 Å². The quantitative estimate of drug-likeness (QED) is 0.191. The van der Waals surface area contributed by atoms with Crippen LogP contribution >= 0.6 is 0 Å². The minimum Gasteiger partial charge on any atom is -0.455 e. The summed E-state index contributed by atoms with van der Waals surface area (Å²) in [5, 5.41) is 7.14. The highest BCUT2D eigenvalue weighted by Gasteiger charge is 2.35. The number of hydrogen-bond acceptors (Lipinski definition) is 1. The monoisotopic (exact) mass is 585 g/mol. The van der Waals surface area contributed by atoms with Crippen LogP contribution in [0.5, 0.6) is 0 Å². The van der Waals surface area contributed by atoms with Crippen molar-refractivity contribution >= 4 is 54.5 Å². The fraction of sp³-hybridized carbons (Fsp3) is 0.163. The Morgan fingerprint density at radius 3 is 1.96 bits per heavy atom. The third-order valence-corrected chi connectivity index (χ3v) is 9.34. The van der Waals surface area contributed by atoms with Gasteiger partial charge in [-0.25, -0.2) is 0 Å². The average Bonchev–Trinajstić information content (AvgIpc) is 3.74. The summed E-state index contributed by atoms with van der Waals surface area (Å²) < 4.78 is 6.90. The molecule has 0 saturated carbocycles. The second-order valence-corrected chi connectivity index (χ2v) is 12.1. The number of benzene rings is 6. The Balaban J connectivity index is 0.000000506. The second kappa shape index (κ2) is 11.1. The Kier molecular flexibility index (Phi) is 7.09. The molecule has 0 atom stereocenters. The molecule has 1 aliphatic rings. The number of aromatic amines is 1. The smallest absolute Gasteiger partial charge is 0.144 e. The molecule has 8 aromatic rings. The molecule has 0 spiro atoms. The van der Waals surface area contributed by atoms with E-state index in [9.17, 15) is 0 Å². The Bertz CT molecular complexity index is 2390. The standard InChI is InChI=1S/C37H25NO.C4H8.C2H6/c1-37(2)29-16-7-5-10-23(29)24-19-18-21(20-30(24)37)22-14-9-15-28-33-32-27-13-6-8-17-31(27)38-34(32)25-11-3-4-12-26(25)36(33)39-35(22)28;1-3-4-2;1-2/h3-20,38H,1-2H3;3-4H,1-2H3;1-2H3/b;4-3-;. The van der Waals surface area contributed by atoms with Crippen molar-refractivity contribution < 1.29 is 4.42 Å². The topological polar surface area (TPSA) is 28.9 Å². The first kappa shape index (κ1) is 28.7. The largest absolute Gasteiger partial charge is 0.455 e. The third-order valence-electron chi connectivity index (χ3n) is 9.34. The number of allylic oxidation sites excluding steroid dienone is 2. The predicted octanol–water partition coefficient (Wildman–Crippen LogP) is 13.0. The molecule has 222 valence electrons. The summed E-state index contributed by atoms with van der Waals surface area (Å²) in [6, 6.07) is 39.5. The summed E-state index contributed by atoms with van der Waals surface area (Å²) in [5.74, 6) is 0. The van der Waals surface area contributed by atoms with Crippen LogP contribution in [0.3, 0.4) is 0 Å². The molecule has 1 N–H and O–H groups in total. The highest BCUT2D eigenvalue weighted by atomic mass is 16.3. The summed E-state index contributed by atoms with van der Waals surface area (Å²) in [7, 11) is 0. The first-order valence-corrected chi connectivity index (χ1v) is 16.1. The molecule has 2 nitrogen and oxygen atoms in total. The van der Waals surface area contributed by atoms with Gasteiger partial charge in [0, 0.05) is 48.8 Å². The molecule has 0 unspecified atom stereocenters. The van der Waals surface area contributed by atoms with Crippen LogP contribution in [-0.4, -0.2) is 4.98 Å². The van der Waals surface area contributed by atoms with Crippen LogP contribution in [-0.2, 0) is 5.41 Å². The average molecular weight is 586 g/mol. The zero-order valence-corrected chi connectivity index (χ0v) is 27.0. The van der Waals surface area contributed by atoms with Crippen LogP contribution in [0.15, 0.2) is 126 Å². The van der Waals surface area contributed by atoms with Gasteiger partial charge in [0.2, 0.25) is 0 Å². The maximum atomic E-state index is 6.90. The minimum absolute atomic E-state index is 0.0455. The molecule has 1 aliphatic carbocycles. The number of furan rings is 1. The summed E-state index contributed by atoms with van der Waals surface area (Å²) in [4.78, 5) is 3.72. The highest BCUT2D eigenvalue weighted by molar-refractivity contribution is 6.35. The molecular formula is C43H39NO. The lowest BCUT2D eigenvalue weighted by Crippen LogP contribution is -2.14. The van der Waals surface area contributed by atoms with E-state index in [0.29, 0.717) is 0 Å². The minimum atomic E-state index is -0.0455. The van der Waals surface area contributed by atoms with Gasteiger partial charge >= 0.3 is 0 Å². The Labute approximate surface area is 265 Å². The fourth-order valence-corrected chi connectivity index (χ4v) is 7.16. The molecule has 0 bridgehead atoms.